The highest BCUT2D eigenvalue weighted by atomic mass is 16.5. The van der Waals surface area contributed by atoms with E-state index in [4.69, 9.17) is 4.74 Å². The number of para-hydroxylation sites is 1. The SMILES string of the molecule is N#Cc1cccc2c1OC[C@H]1CCCC3(CC3)C(=C=O)N1C2. The zero-order valence-corrected chi connectivity index (χ0v) is 12.5. The topological polar surface area (TPSA) is 53.3 Å². The van der Waals surface area contributed by atoms with Gasteiger partial charge in [-0.2, -0.15) is 5.26 Å². The fourth-order valence-corrected chi connectivity index (χ4v) is 3.95. The lowest BCUT2D eigenvalue weighted by molar-refractivity contribution is 0.172. The molecule has 1 aliphatic carbocycles. The monoisotopic (exact) mass is 294 g/mol. The van der Waals surface area contributed by atoms with Crippen molar-refractivity contribution in [3.8, 4) is 11.8 Å². The van der Waals surface area contributed by atoms with Crippen molar-refractivity contribution in [1.29, 1.82) is 5.26 Å². The van der Waals surface area contributed by atoms with Crippen LogP contribution in [0, 0.1) is 16.7 Å². The number of carbonyl (C=O) groups excluding carboxylic acids is 1. The van der Waals surface area contributed by atoms with Gasteiger partial charge in [0.05, 0.1) is 11.6 Å². The van der Waals surface area contributed by atoms with E-state index in [1.54, 1.807) is 6.07 Å². The predicted molar refractivity (Wildman–Crippen MR) is 80.7 cm³/mol. The molecule has 0 N–H and O–H groups in total. The van der Waals surface area contributed by atoms with Gasteiger partial charge in [-0.25, -0.2) is 4.79 Å². The fourth-order valence-electron chi connectivity index (χ4n) is 3.95. The Kier molecular flexibility index (Phi) is 2.99. The van der Waals surface area contributed by atoms with Crippen molar-refractivity contribution < 1.29 is 9.53 Å². The van der Waals surface area contributed by atoms with Crippen LogP contribution in [0.1, 0.15) is 43.2 Å². The molecule has 1 saturated carbocycles. The normalized spacial score (nSPS) is 25.0. The van der Waals surface area contributed by atoms with Crippen LogP contribution in [0.25, 0.3) is 0 Å². The highest BCUT2D eigenvalue weighted by Crippen LogP contribution is 2.58. The molecule has 1 atom stereocenters. The molecule has 1 aromatic carbocycles. The second kappa shape index (κ2) is 4.90. The number of fused-ring (bicyclic) bond motifs is 2. The molecule has 3 aliphatic rings. The standard InChI is InChI=1S/C18H18N2O2/c19-9-13-3-1-4-14-10-20-15(12-22-17(13)14)5-2-6-18(7-8-18)16(20)11-21/h1,3-4,15H,2,5-8,10,12H2/t15-/m1/s1. The third kappa shape index (κ3) is 1.94. The number of hydrogen-bond donors (Lipinski definition) is 0. The highest BCUT2D eigenvalue weighted by molar-refractivity contribution is 5.57. The van der Waals surface area contributed by atoms with E-state index >= 15 is 0 Å². The molecule has 0 bridgehead atoms. The number of nitriles is 1. The number of ether oxygens (including phenoxy) is 1. The van der Waals surface area contributed by atoms with E-state index in [1.165, 1.54) is 0 Å². The Hall–Kier alpha value is -2.24. The summed E-state index contributed by atoms with van der Waals surface area (Å²) in [6, 6.07) is 8.07. The summed E-state index contributed by atoms with van der Waals surface area (Å²) >= 11 is 0. The molecule has 0 radical (unpaired) electrons. The zero-order valence-electron chi connectivity index (χ0n) is 12.5. The summed E-state index contributed by atoms with van der Waals surface area (Å²) < 4.78 is 5.97. The summed E-state index contributed by atoms with van der Waals surface area (Å²) in [5, 5.41) is 9.27. The molecule has 4 heteroatoms. The largest absolute Gasteiger partial charge is 0.490 e. The van der Waals surface area contributed by atoms with Crippen molar-refractivity contribution in [3.63, 3.8) is 0 Å². The number of hydrogen-bond acceptors (Lipinski definition) is 4. The first-order valence-corrected chi connectivity index (χ1v) is 7.94. The van der Waals surface area contributed by atoms with E-state index in [0.29, 0.717) is 24.5 Å². The summed E-state index contributed by atoms with van der Waals surface area (Å²) in [5.41, 5.74) is 2.49. The first kappa shape index (κ1) is 13.4. The van der Waals surface area contributed by atoms with Crippen LogP contribution < -0.4 is 4.74 Å². The van der Waals surface area contributed by atoms with E-state index in [-0.39, 0.29) is 11.5 Å². The average Bonchev–Trinajstić information content (AvgIpc) is 3.34. The Bertz CT molecular complexity index is 708. The van der Waals surface area contributed by atoms with Crippen molar-refractivity contribution in [2.45, 2.75) is 44.7 Å². The molecule has 4 rings (SSSR count). The number of allylic oxidation sites excluding steroid dienone is 1. The first-order chi connectivity index (χ1) is 10.8. The fraction of sp³-hybridized carbons (Fsp3) is 0.500. The molecule has 0 amide bonds. The Morgan fingerprint density at radius 2 is 2.18 bits per heavy atom. The maximum Gasteiger partial charge on any atom is 0.146 e. The van der Waals surface area contributed by atoms with Gasteiger partial charge < -0.3 is 9.64 Å². The molecule has 2 heterocycles. The van der Waals surface area contributed by atoms with Crippen molar-refractivity contribution in [3.05, 3.63) is 35.0 Å². The molecular weight excluding hydrogens is 276 g/mol. The third-order valence-corrected chi connectivity index (χ3v) is 5.35. The van der Waals surface area contributed by atoms with Crippen LogP contribution in [0.3, 0.4) is 0 Å². The summed E-state index contributed by atoms with van der Waals surface area (Å²) in [6.07, 6.45) is 5.45. The first-order valence-electron chi connectivity index (χ1n) is 7.94. The predicted octanol–water partition coefficient (Wildman–Crippen LogP) is 2.80. The van der Waals surface area contributed by atoms with Crippen LogP contribution in [-0.2, 0) is 11.3 Å². The van der Waals surface area contributed by atoms with Gasteiger partial charge in [-0.15, -0.1) is 0 Å². The molecule has 1 saturated heterocycles. The molecule has 1 spiro atoms. The van der Waals surface area contributed by atoms with Crippen molar-refractivity contribution in [1.82, 2.24) is 4.90 Å². The van der Waals surface area contributed by atoms with E-state index < -0.39 is 0 Å². The molecule has 2 fully saturated rings. The van der Waals surface area contributed by atoms with Crippen LogP contribution in [0.2, 0.25) is 0 Å². The number of benzene rings is 1. The van der Waals surface area contributed by atoms with Crippen molar-refractivity contribution in [2.75, 3.05) is 6.61 Å². The maximum atomic E-state index is 11.7. The molecule has 4 nitrogen and oxygen atoms in total. The molecular formula is C18H18N2O2. The van der Waals surface area contributed by atoms with Crippen LogP contribution in [0.5, 0.6) is 5.75 Å². The van der Waals surface area contributed by atoms with Gasteiger partial charge in [0, 0.05) is 17.5 Å². The van der Waals surface area contributed by atoms with Crippen LogP contribution in [-0.4, -0.2) is 23.5 Å². The van der Waals surface area contributed by atoms with Crippen LogP contribution in [0.15, 0.2) is 23.9 Å². The van der Waals surface area contributed by atoms with Gasteiger partial charge in [0.2, 0.25) is 0 Å². The third-order valence-electron chi connectivity index (χ3n) is 5.35. The molecule has 0 unspecified atom stereocenters. The lowest BCUT2D eigenvalue weighted by Crippen LogP contribution is -2.37. The highest BCUT2D eigenvalue weighted by Gasteiger charge is 2.51. The van der Waals surface area contributed by atoms with Gasteiger partial charge in [0.1, 0.15) is 30.1 Å². The van der Waals surface area contributed by atoms with Gasteiger partial charge in [0.25, 0.3) is 0 Å². The summed E-state index contributed by atoms with van der Waals surface area (Å²) in [4.78, 5) is 13.9. The van der Waals surface area contributed by atoms with E-state index in [0.717, 1.165) is 43.4 Å². The quantitative estimate of drug-likeness (QED) is 0.690. The van der Waals surface area contributed by atoms with Gasteiger partial charge in [-0.1, -0.05) is 18.6 Å². The summed E-state index contributed by atoms with van der Waals surface area (Å²) in [5.74, 6) is 2.94. The molecule has 2 aliphatic heterocycles. The van der Waals surface area contributed by atoms with Gasteiger partial charge in [-0.05, 0) is 31.7 Å². The summed E-state index contributed by atoms with van der Waals surface area (Å²) in [6.45, 7) is 1.18. The van der Waals surface area contributed by atoms with E-state index in [9.17, 15) is 10.1 Å². The van der Waals surface area contributed by atoms with Crippen molar-refractivity contribution in [2.24, 2.45) is 5.41 Å². The Labute approximate surface area is 130 Å². The smallest absolute Gasteiger partial charge is 0.146 e. The van der Waals surface area contributed by atoms with Crippen LogP contribution >= 0.6 is 0 Å². The molecule has 22 heavy (non-hydrogen) atoms. The molecule has 112 valence electrons. The minimum Gasteiger partial charge on any atom is -0.490 e. The molecule has 0 aromatic heterocycles. The lowest BCUT2D eigenvalue weighted by atomic mass is 9.96. The minimum absolute atomic E-state index is 0.0772. The van der Waals surface area contributed by atoms with Crippen LogP contribution in [0.4, 0.5) is 0 Å². The average molecular weight is 294 g/mol. The Morgan fingerprint density at radius 1 is 1.32 bits per heavy atom. The van der Waals surface area contributed by atoms with E-state index in [2.05, 4.69) is 16.9 Å². The Balaban J connectivity index is 1.77. The maximum absolute atomic E-state index is 11.7. The Morgan fingerprint density at radius 3 is 2.91 bits per heavy atom. The van der Waals surface area contributed by atoms with Gasteiger partial charge in [-0.3, -0.25) is 0 Å². The van der Waals surface area contributed by atoms with Gasteiger partial charge in [0.15, 0.2) is 0 Å². The van der Waals surface area contributed by atoms with Crippen molar-refractivity contribution >= 4 is 5.94 Å². The lowest BCUT2D eigenvalue weighted by Gasteiger charge is -2.31. The minimum atomic E-state index is 0.0772. The second-order valence-corrected chi connectivity index (χ2v) is 6.62. The zero-order chi connectivity index (χ0) is 15.2. The summed E-state index contributed by atoms with van der Waals surface area (Å²) in [7, 11) is 0. The molecule has 1 aromatic rings. The van der Waals surface area contributed by atoms with Gasteiger partial charge >= 0.3 is 0 Å². The van der Waals surface area contributed by atoms with E-state index in [1.807, 2.05) is 12.1 Å². The number of rotatable bonds is 0. The second-order valence-electron chi connectivity index (χ2n) is 6.62. The number of nitrogens with zero attached hydrogens (tertiary/aromatic N) is 2.